The number of nitrogens with zero attached hydrogens (tertiary/aromatic N) is 1. The van der Waals surface area contributed by atoms with Crippen LogP contribution in [0.5, 0.6) is 5.75 Å². The van der Waals surface area contributed by atoms with Crippen molar-refractivity contribution in [3.05, 3.63) is 63.6 Å². The summed E-state index contributed by atoms with van der Waals surface area (Å²) in [6.45, 7) is 16.1. The highest BCUT2D eigenvalue weighted by Gasteiger charge is 2.42. The van der Waals surface area contributed by atoms with Gasteiger partial charge in [-0.25, -0.2) is 0 Å². The van der Waals surface area contributed by atoms with Crippen molar-refractivity contribution < 1.29 is 22.3 Å². The molecule has 2 heterocycles. The summed E-state index contributed by atoms with van der Waals surface area (Å²) in [4.78, 5) is 13.4. The van der Waals surface area contributed by atoms with E-state index in [2.05, 4.69) is 33.9 Å². The second-order valence-corrected chi connectivity index (χ2v) is 13.3. The Hall–Kier alpha value is -2.06. The zero-order valence-corrected chi connectivity index (χ0v) is 21.8. The molecular formula is C25H34F3NO3Si. The number of pyridine rings is 1. The van der Waals surface area contributed by atoms with Gasteiger partial charge in [-0.3, -0.25) is 4.79 Å². The Balaban J connectivity index is 2.14. The molecule has 8 heteroatoms. The first-order chi connectivity index (χ1) is 14.9. The maximum Gasteiger partial charge on any atom is 0.416 e. The summed E-state index contributed by atoms with van der Waals surface area (Å²) >= 11 is 0. The van der Waals surface area contributed by atoms with Gasteiger partial charge < -0.3 is 13.7 Å². The third-order valence-electron chi connectivity index (χ3n) is 6.50. The maximum atomic E-state index is 13.4. The number of fused-ring (bicyclic) bond motifs is 1. The lowest BCUT2D eigenvalue weighted by molar-refractivity contribution is -0.137. The van der Waals surface area contributed by atoms with Crippen molar-refractivity contribution in [3.63, 3.8) is 0 Å². The average molecular weight is 482 g/mol. The van der Waals surface area contributed by atoms with E-state index >= 15 is 0 Å². The largest absolute Gasteiger partial charge is 0.487 e. The molecule has 4 nitrogen and oxygen atoms in total. The van der Waals surface area contributed by atoms with Crippen molar-refractivity contribution in [1.29, 1.82) is 0 Å². The molecule has 0 aliphatic carbocycles. The predicted octanol–water partition coefficient (Wildman–Crippen LogP) is 6.28. The van der Waals surface area contributed by atoms with Gasteiger partial charge in [0.2, 0.25) is 0 Å². The molecule has 0 fully saturated rings. The summed E-state index contributed by atoms with van der Waals surface area (Å²) < 4.78 is 54.1. The molecule has 0 bridgehead atoms. The van der Waals surface area contributed by atoms with Crippen LogP contribution in [-0.2, 0) is 16.2 Å². The molecule has 2 atom stereocenters. The van der Waals surface area contributed by atoms with Gasteiger partial charge in [0.1, 0.15) is 11.4 Å². The Morgan fingerprint density at radius 2 is 1.70 bits per heavy atom. The molecule has 2 unspecified atom stereocenters. The normalized spacial score (nSPS) is 20.2. The van der Waals surface area contributed by atoms with Crippen LogP contribution in [0.3, 0.4) is 0 Å². The van der Waals surface area contributed by atoms with E-state index in [0.717, 1.165) is 17.7 Å². The molecule has 2 aromatic rings. The second-order valence-electron chi connectivity index (χ2n) is 10.9. The smallest absolute Gasteiger partial charge is 0.416 e. The number of hydrogen-bond acceptors (Lipinski definition) is 3. The summed E-state index contributed by atoms with van der Waals surface area (Å²) in [6.07, 6.45) is -2.43. The van der Waals surface area contributed by atoms with Crippen molar-refractivity contribution in [2.45, 2.75) is 84.5 Å². The van der Waals surface area contributed by atoms with Crippen LogP contribution in [0.15, 0.2) is 41.3 Å². The lowest BCUT2D eigenvalue weighted by Gasteiger charge is -2.44. The third kappa shape index (κ3) is 5.06. The lowest BCUT2D eigenvalue weighted by Crippen LogP contribution is -2.44. The molecule has 0 amide bonds. The van der Waals surface area contributed by atoms with Gasteiger partial charge in [0, 0.05) is 24.2 Å². The van der Waals surface area contributed by atoms with Gasteiger partial charge in [0.05, 0.1) is 17.2 Å². The number of benzene rings is 1. The van der Waals surface area contributed by atoms with E-state index in [1.807, 2.05) is 26.8 Å². The first-order valence-corrected chi connectivity index (χ1v) is 14.0. The minimum atomic E-state index is -4.48. The van der Waals surface area contributed by atoms with Gasteiger partial charge in [-0.1, -0.05) is 20.8 Å². The zero-order valence-electron chi connectivity index (χ0n) is 20.6. The SMILES string of the molecule is C[SiH](C)OC(C)(c1ccn(C2CC(C)(C)Oc3ccc(C(F)(F)F)cc32)c(=O)c1)C(C)(C)C. The highest BCUT2D eigenvalue weighted by atomic mass is 28.3. The van der Waals surface area contributed by atoms with Gasteiger partial charge in [-0.05, 0) is 69.1 Å². The van der Waals surface area contributed by atoms with Gasteiger partial charge >= 0.3 is 6.18 Å². The summed E-state index contributed by atoms with van der Waals surface area (Å²) in [5.74, 6) is 0.369. The van der Waals surface area contributed by atoms with Crippen molar-refractivity contribution in [3.8, 4) is 5.75 Å². The topological polar surface area (TPSA) is 40.5 Å². The third-order valence-corrected chi connectivity index (χ3v) is 7.45. The molecule has 0 saturated carbocycles. The molecule has 1 aliphatic rings. The second kappa shape index (κ2) is 8.31. The molecule has 1 aliphatic heterocycles. The standard InChI is InChI=1S/C25H34F3NO3Si/c1-22(2,3)24(6,32-33(7)8)16-11-12-29(21(30)14-16)19-15-23(4,5)31-20-10-9-17(13-18(19)20)25(26,27)28/h9-14,19,33H,15H2,1-8H3. The monoisotopic (exact) mass is 481 g/mol. The molecular weight excluding hydrogens is 447 g/mol. The Labute approximate surface area is 195 Å². The quantitative estimate of drug-likeness (QED) is 0.483. The fraction of sp³-hybridized carbons (Fsp3) is 0.560. The van der Waals surface area contributed by atoms with Crippen LogP contribution in [0.1, 0.15) is 70.7 Å². The van der Waals surface area contributed by atoms with Crippen molar-refractivity contribution in [2.75, 3.05) is 0 Å². The van der Waals surface area contributed by atoms with Crippen molar-refractivity contribution in [1.82, 2.24) is 4.57 Å². The van der Waals surface area contributed by atoms with E-state index in [1.54, 1.807) is 12.3 Å². The Bertz CT molecular complexity index is 1090. The number of rotatable bonds is 4. The van der Waals surface area contributed by atoms with Crippen molar-refractivity contribution >= 4 is 9.04 Å². The minimum Gasteiger partial charge on any atom is -0.487 e. The number of hydrogen-bond donors (Lipinski definition) is 0. The minimum absolute atomic E-state index is 0.266. The van der Waals surface area contributed by atoms with Crippen LogP contribution >= 0.6 is 0 Å². The van der Waals surface area contributed by atoms with Crippen LogP contribution in [0.25, 0.3) is 0 Å². The fourth-order valence-electron chi connectivity index (χ4n) is 4.43. The first-order valence-electron chi connectivity index (χ1n) is 11.3. The molecule has 0 saturated heterocycles. The molecule has 182 valence electrons. The number of alkyl halides is 3. The molecule has 0 N–H and O–H groups in total. The van der Waals surface area contributed by atoms with E-state index in [-0.39, 0.29) is 11.0 Å². The van der Waals surface area contributed by atoms with Gasteiger partial charge in [-0.2, -0.15) is 13.2 Å². The van der Waals surface area contributed by atoms with Crippen LogP contribution < -0.4 is 10.3 Å². The first kappa shape index (κ1) is 25.6. The van der Waals surface area contributed by atoms with E-state index in [1.165, 1.54) is 10.6 Å². The van der Waals surface area contributed by atoms with Crippen LogP contribution in [0, 0.1) is 5.41 Å². The average Bonchev–Trinajstić information content (AvgIpc) is 2.64. The summed E-state index contributed by atoms with van der Waals surface area (Å²) in [5.41, 5.74) is -1.46. The molecule has 1 aromatic heterocycles. The van der Waals surface area contributed by atoms with E-state index < -0.39 is 38.0 Å². The van der Waals surface area contributed by atoms with Crippen LogP contribution in [0.2, 0.25) is 13.1 Å². The summed E-state index contributed by atoms with van der Waals surface area (Å²) in [7, 11) is -1.44. The molecule has 0 radical (unpaired) electrons. The number of ether oxygens (including phenoxy) is 1. The van der Waals surface area contributed by atoms with E-state index in [0.29, 0.717) is 17.7 Å². The van der Waals surface area contributed by atoms with Gasteiger partial charge in [-0.15, -0.1) is 0 Å². The Morgan fingerprint density at radius 1 is 1.06 bits per heavy atom. The molecule has 3 rings (SSSR count). The molecule has 33 heavy (non-hydrogen) atoms. The van der Waals surface area contributed by atoms with E-state index in [9.17, 15) is 18.0 Å². The highest BCUT2D eigenvalue weighted by molar-refractivity contribution is 6.48. The maximum absolute atomic E-state index is 13.4. The number of halogens is 3. The molecule has 0 spiro atoms. The number of aromatic nitrogens is 1. The highest BCUT2D eigenvalue weighted by Crippen LogP contribution is 2.45. The Morgan fingerprint density at radius 3 is 2.21 bits per heavy atom. The lowest BCUT2D eigenvalue weighted by atomic mass is 9.74. The van der Waals surface area contributed by atoms with Crippen molar-refractivity contribution in [2.24, 2.45) is 5.41 Å². The van der Waals surface area contributed by atoms with Gasteiger partial charge in [0.15, 0.2) is 9.04 Å². The summed E-state index contributed by atoms with van der Waals surface area (Å²) in [5, 5.41) is 0. The summed E-state index contributed by atoms with van der Waals surface area (Å²) in [6, 6.07) is 6.32. The zero-order chi connectivity index (χ0) is 25.0. The Kier molecular flexibility index (Phi) is 6.43. The molecule has 1 aromatic carbocycles. The fourth-order valence-corrected chi connectivity index (χ4v) is 5.87. The van der Waals surface area contributed by atoms with Gasteiger partial charge in [0.25, 0.3) is 5.56 Å². The van der Waals surface area contributed by atoms with Crippen LogP contribution in [-0.4, -0.2) is 19.2 Å². The van der Waals surface area contributed by atoms with Crippen LogP contribution in [0.4, 0.5) is 13.2 Å². The van der Waals surface area contributed by atoms with E-state index in [4.69, 9.17) is 9.16 Å². The predicted molar refractivity (Wildman–Crippen MR) is 126 cm³/mol.